The van der Waals surface area contributed by atoms with E-state index in [1.807, 2.05) is 20.8 Å². The van der Waals surface area contributed by atoms with Gasteiger partial charge in [-0.25, -0.2) is 4.79 Å². The van der Waals surface area contributed by atoms with Crippen molar-refractivity contribution in [3.8, 4) is 0 Å². The van der Waals surface area contributed by atoms with E-state index in [9.17, 15) is 9.59 Å². The summed E-state index contributed by atoms with van der Waals surface area (Å²) in [7, 11) is 0. The fourth-order valence-corrected chi connectivity index (χ4v) is 1.97. The summed E-state index contributed by atoms with van der Waals surface area (Å²) in [5.41, 5.74) is 0.334. The average molecular weight is 262 g/mol. The SMILES string of the molecule is CC(C)(C)OC(=O)N1CCCC(=O)c2ncccc21. The zero-order chi connectivity index (χ0) is 14.0. The number of aromatic nitrogens is 1. The molecule has 0 bridgehead atoms. The molecule has 0 N–H and O–H groups in total. The molecule has 5 nitrogen and oxygen atoms in total. The van der Waals surface area contributed by atoms with E-state index in [4.69, 9.17) is 4.74 Å². The molecule has 0 radical (unpaired) electrons. The van der Waals surface area contributed by atoms with Crippen molar-refractivity contribution in [2.75, 3.05) is 11.4 Å². The number of amides is 1. The van der Waals surface area contributed by atoms with Crippen LogP contribution in [0.25, 0.3) is 0 Å². The Balaban J connectivity index is 2.33. The fourth-order valence-electron chi connectivity index (χ4n) is 1.97. The highest BCUT2D eigenvalue weighted by Crippen LogP contribution is 2.26. The Morgan fingerprint density at radius 1 is 1.42 bits per heavy atom. The molecule has 102 valence electrons. The smallest absolute Gasteiger partial charge is 0.414 e. The Hall–Kier alpha value is -1.91. The monoisotopic (exact) mass is 262 g/mol. The second kappa shape index (κ2) is 4.99. The van der Waals surface area contributed by atoms with Crippen molar-refractivity contribution in [2.24, 2.45) is 0 Å². The molecule has 0 spiro atoms. The maximum Gasteiger partial charge on any atom is 0.414 e. The lowest BCUT2D eigenvalue weighted by atomic mass is 10.1. The first-order valence-corrected chi connectivity index (χ1v) is 6.37. The van der Waals surface area contributed by atoms with Crippen LogP contribution in [0.3, 0.4) is 0 Å². The molecule has 0 unspecified atom stereocenters. The van der Waals surface area contributed by atoms with Crippen LogP contribution in [-0.4, -0.2) is 29.0 Å². The summed E-state index contributed by atoms with van der Waals surface area (Å²) in [5, 5.41) is 0. The lowest BCUT2D eigenvalue weighted by Gasteiger charge is -2.26. The molecular weight excluding hydrogens is 244 g/mol. The highest BCUT2D eigenvalue weighted by molar-refractivity contribution is 6.03. The fraction of sp³-hybridized carbons (Fsp3) is 0.500. The van der Waals surface area contributed by atoms with E-state index in [1.54, 1.807) is 18.3 Å². The zero-order valence-corrected chi connectivity index (χ0v) is 11.5. The Kier molecular flexibility index (Phi) is 3.55. The van der Waals surface area contributed by atoms with Crippen LogP contribution in [0.5, 0.6) is 0 Å². The van der Waals surface area contributed by atoms with E-state index >= 15 is 0 Å². The summed E-state index contributed by atoms with van der Waals surface area (Å²) >= 11 is 0. The first kappa shape index (κ1) is 13.5. The van der Waals surface area contributed by atoms with E-state index in [1.165, 1.54) is 4.90 Å². The maximum atomic E-state index is 12.2. The predicted molar refractivity (Wildman–Crippen MR) is 71.4 cm³/mol. The predicted octanol–water partition coefficient (Wildman–Crippen LogP) is 2.80. The number of carbonyl (C=O) groups is 2. The summed E-state index contributed by atoms with van der Waals surface area (Å²) in [6, 6.07) is 3.45. The minimum Gasteiger partial charge on any atom is -0.443 e. The van der Waals surface area contributed by atoms with Crippen LogP contribution in [0.15, 0.2) is 18.3 Å². The van der Waals surface area contributed by atoms with Crippen LogP contribution in [0.4, 0.5) is 10.5 Å². The molecule has 0 aliphatic carbocycles. The largest absolute Gasteiger partial charge is 0.443 e. The quantitative estimate of drug-likeness (QED) is 0.721. The Bertz CT molecular complexity index is 506. The number of ether oxygens (including phenoxy) is 1. The number of hydrogen-bond acceptors (Lipinski definition) is 4. The molecule has 0 saturated heterocycles. The maximum absolute atomic E-state index is 12.2. The number of rotatable bonds is 0. The molecule has 19 heavy (non-hydrogen) atoms. The zero-order valence-electron chi connectivity index (χ0n) is 11.5. The summed E-state index contributed by atoms with van der Waals surface area (Å²) in [6.07, 6.45) is 2.16. The third-order valence-corrected chi connectivity index (χ3v) is 2.74. The minimum absolute atomic E-state index is 0.0262. The van der Waals surface area contributed by atoms with E-state index in [0.29, 0.717) is 30.8 Å². The third kappa shape index (κ3) is 3.10. The summed E-state index contributed by atoms with van der Waals surface area (Å²) in [4.78, 5) is 29.7. The van der Waals surface area contributed by atoms with Crippen LogP contribution in [0, 0.1) is 0 Å². The molecule has 1 aliphatic heterocycles. The minimum atomic E-state index is -0.560. The first-order chi connectivity index (χ1) is 8.88. The van der Waals surface area contributed by atoms with Crippen molar-refractivity contribution >= 4 is 17.6 Å². The number of carbonyl (C=O) groups excluding carboxylic acids is 2. The van der Waals surface area contributed by atoms with Gasteiger partial charge in [0.1, 0.15) is 11.3 Å². The normalized spacial score (nSPS) is 15.7. The number of nitrogens with zero attached hydrogens (tertiary/aromatic N) is 2. The number of anilines is 1. The van der Waals surface area contributed by atoms with Crippen LogP contribution in [-0.2, 0) is 4.74 Å². The Labute approximate surface area is 112 Å². The third-order valence-electron chi connectivity index (χ3n) is 2.74. The molecule has 1 aromatic heterocycles. The van der Waals surface area contributed by atoms with Gasteiger partial charge in [0.2, 0.25) is 0 Å². The van der Waals surface area contributed by atoms with Gasteiger partial charge < -0.3 is 4.74 Å². The molecule has 1 aliphatic rings. The molecule has 0 atom stereocenters. The summed E-state index contributed by atoms with van der Waals surface area (Å²) in [5.74, 6) is -0.0262. The van der Waals surface area contributed by atoms with Gasteiger partial charge in [-0.3, -0.25) is 14.7 Å². The highest BCUT2D eigenvalue weighted by Gasteiger charge is 2.29. The molecule has 0 aromatic carbocycles. The van der Waals surface area contributed by atoms with Gasteiger partial charge in [-0.1, -0.05) is 0 Å². The number of ketones is 1. The van der Waals surface area contributed by atoms with E-state index in [0.717, 1.165) is 0 Å². The average Bonchev–Trinajstić information content (AvgIpc) is 2.47. The van der Waals surface area contributed by atoms with Gasteiger partial charge >= 0.3 is 6.09 Å². The molecular formula is C14H18N2O3. The number of pyridine rings is 1. The van der Waals surface area contributed by atoms with Crippen molar-refractivity contribution in [3.63, 3.8) is 0 Å². The van der Waals surface area contributed by atoms with Crippen molar-refractivity contribution in [1.29, 1.82) is 0 Å². The van der Waals surface area contributed by atoms with Gasteiger partial charge in [-0.2, -0.15) is 0 Å². The van der Waals surface area contributed by atoms with Gasteiger partial charge in [0.25, 0.3) is 0 Å². The molecule has 0 fully saturated rings. The second-order valence-electron chi connectivity index (χ2n) is 5.53. The van der Waals surface area contributed by atoms with Crippen molar-refractivity contribution < 1.29 is 14.3 Å². The number of Topliss-reactive ketones (excluding diaryl/α,β-unsaturated/α-hetero) is 1. The first-order valence-electron chi connectivity index (χ1n) is 6.37. The Morgan fingerprint density at radius 2 is 2.16 bits per heavy atom. The van der Waals surface area contributed by atoms with Crippen molar-refractivity contribution in [2.45, 2.75) is 39.2 Å². The van der Waals surface area contributed by atoms with Gasteiger partial charge in [0.15, 0.2) is 5.78 Å². The Morgan fingerprint density at radius 3 is 2.84 bits per heavy atom. The summed E-state index contributed by atoms with van der Waals surface area (Å²) < 4.78 is 5.37. The lowest BCUT2D eigenvalue weighted by molar-refractivity contribution is 0.0580. The standard InChI is InChI=1S/C14H18N2O3/c1-14(2,3)19-13(18)16-9-5-7-11(17)12-10(16)6-4-8-15-12/h4,6,8H,5,7,9H2,1-3H3. The lowest BCUT2D eigenvalue weighted by Crippen LogP contribution is -2.37. The van der Waals surface area contributed by atoms with Crippen LogP contribution < -0.4 is 4.90 Å². The van der Waals surface area contributed by atoms with Crippen LogP contribution in [0.2, 0.25) is 0 Å². The van der Waals surface area contributed by atoms with Crippen molar-refractivity contribution in [3.05, 3.63) is 24.0 Å². The number of fused-ring (bicyclic) bond motifs is 1. The van der Waals surface area contributed by atoms with Crippen LogP contribution >= 0.6 is 0 Å². The van der Waals surface area contributed by atoms with Gasteiger partial charge in [-0.15, -0.1) is 0 Å². The summed E-state index contributed by atoms with van der Waals surface area (Å²) in [6.45, 7) is 5.92. The molecule has 2 rings (SSSR count). The molecule has 1 aromatic rings. The van der Waals surface area contributed by atoms with E-state index in [2.05, 4.69) is 4.98 Å². The molecule has 0 saturated carbocycles. The molecule has 1 amide bonds. The van der Waals surface area contributed by atoms with Crippen molar-refractivity contribution in [1.82, 2.24) is 4.98 Å². The topological polar surface area (TPSA) is 59.5 Å². The van der Waals surface area contributed by atoms with E-state index in [-0.39, 0.29) is 5.78 Å². The van der Waals surface area contributed by atoms with Gasteiger partial charge in [0.05, 0.1) is 5.69 Å². The van der Waals surface area contributed by atoms with E-state index < -0.39 is 11.7 Å². The molecule has 2 heterocycles. The second-order valence-corrected chi connectivity index (χ2v) is 5.53. The van der Waals surface area contributed by atoms with Gasteiger partial charge in [0, 0.05) is 19.2 Å². The number of hydrogen-bond donors (Lipinski definition) is 0. The highest BCUT2D eigenvalue weighted by atomic mass is 16.6. The van der Waals surface area contributed by atoms with Gasteiger partial charge in [-0.05, 0) is 39.3 Å². The van der Waals surface area contributed by atoms with Crippen LogP contribution in [0.1, 0.15) is 44.1 Å². The molecule has 5 heteroatoms.